The van der Waals surface area contributed by atoms with Crippen molar-refractivity contribution >= 4 is 28.9 Å². The highest BCUT2D eigenvalue weighted by Gasteiger charge is 2.20. The number of hydrogen-bond acceptors (Lipinski definition) is 3. The lowest BCUT2D eigenvalue weighted by Crippen LogP contribution is -2.31. The summed E-state index contributed by atoms with van der Waals surface area (Å²) < 4.78 is 0. The number of hydrogen-bond donors (Lipinski definition) is 2. The van der Waals surface area contributed by atoms with E-state index in [0.717, 1.165) is 6.42 Å². The number of amides is 1. The van der Waals surface area contributed by atoms with Crippen molar-refractivity contribution in [1.29, 1.82) is 0 Å². The number of aromatic hydroxyl groups is 1. The fourth-order valence-electron chi connectivity index (χ4n) is 2.10. The van der Waals surface area contributed by atoms with Gasteiger partial charge in [0.05, 0.1) is 5.56 Å². The largest absolute Gasteiger partial charge is 0.507 e. The van der Waals surface area contributed by atoms with Gasteiger partial charge in [-0.2, -0.15) is 0 Å². The number of nitrogens with zero attached hydrogens (tertiary/aromatic N) is 1. The van der Waals surface area contributed by atoms with Gasteiger partial charge < -0.3 is 15.7 Å². The summed E-state index contributed by atoms with van der Waals surface area (Å²) in [7, 11) is 0. The number of carbonyl (C=O) groups is 1. The number of phenolic OH excluding ortho intramolecular Hbond substituents is 1. The van der Waals surface area contributed by atoms with Gasteiger partial charge in [0.1, 0.15) is 5.75 Å². The maximum Gasteiger partial charge on any atom is 0.262 e. The molecule has 0 radical (unpaired) electrons. The molecule has 5 heteroatoms. The Morgan fingerprint density at radius 2 is 2.05 bits per heavy atom. The average Bonchev–Trinajstić information content (AvgIpc) is 2.44. The highest BCUT2D eigenvalue weighted by Crippen LogP contribution is 2.26. The lowest BCUT2D eigenvalue weighted by Gasteiger charge is -2.23. The Kier molecular flexibility index (Phi) is 4.70. The molecule has 0 aromatic heterocycles. The third-order valence-electron chi connectivity index (χ3n) is 3.06. The van der Waals surface area contributed by atoms with Crippen LogP contribution >= 0.6 is 11.6 Å². The fourth-order valence-corrected chi connectivity index (χ4v) is 2.26. The molecule has 2 rings (SSSR count). The van der Waals surface area contributed by atoms with Gasteiger partial charge in [0, 0.05) is 22.9 Å². The Morgan fingerprint density at radius 1 is 1.29 bits per heavy atom. The van der Waals surface area contributed by atoms with Crippen LogP contribution in [0.3, 0.4) is 0 Å². The molecule has 0 saturated carbocycles. The Labute approximate surface area is 128 Å². The SMILES string of the molecule is CCCN(C(=O)c1ccc(Cl)cc1O)c1cccc(N)c1. The van der Waals surface area contributed by atoms with Crippen molar-refractivity contribution < 1.29 is 9.90 Å². The van der Waals surface area contributed by atoms with Crippen LogP contribution in [0, 0.1) is 0 Å². The minimum absolute atomic E-state index is 0.127. The zero-order valence-corrected chi connectivity index (χ0v) is 12.5. The Morgan fingerprint density at radius 3 is 2.67 bits per heavy atom. The fraction of sp³-hybridized carbons (Fsp3) is 0.188. The summed E-state index contributed by atoms with van der Waals surface area (Å²) in [6.07, 6.45) is 0.787. The number of halogens is 1. The first kappa shape index (κ1) is 15.2. The van der Waals surface area contributed by atoms with Gasteiger partial charge >= 0.3 is 0 Å². The highest BCUT2D eigenvalue weighted by atomic mass is 35.5. The summed E-state index contributed by atoms with van der Waals surface area (Å²) in [5.41, 5.74) is 7.28. The van der Waals surface area contributed by atoms with Crippen molar-refractivity contribution in [3.8, 4) is 5.75 Å². The van der Waals surface area contributed by atoms with Crippen molar-refractivity contribution in [1.82, 2.24) is 0 Å². The van der Waals surface area contributed by atoms with Crippen molar-refractivity contribution in [3.05, 3.63) is 53.1 Å². The van der Waals surface area contributed by atoms with E-state index < -0.39 is 0 Å². The molecule has 4 nitrogen and oxygen atoms in total. The van der Waals surface area contributed by atoms with Crippen LogP contribution in [0.5, 0.6) is 5.75 Å². The first-order chi connectivity index (χ1) is 10.0. The maximum atomic E-state index is 12.7. The third kappa shape index (κ3) is 3.47. The van der Waals surface area contributed by atoms with Crippen molar-refractivity contribution in [2.24, 2.45) is 0 Å². The van der Waals surface area contributed by atoms with Crippen LogP contribution in [-0.2, 0) is 0 Å². The second-order valence-corrected chi connectivity index (χ2v) is 5.15. The van der Waals surface area contributed by atoms with Crippen molar-refractivity contribution in [2.45, 2.75) is 13.3 Å². The van der Waals surface area contributed by atoms with Gasteiger partial charge in [0.2, 0.25) is 0 Å². The van der Waals surface area contributed by atoms with Crippen LogP contribution in [0.1, 0.15) is 23.7 Å². The summed E-state index contributed by atoms with van der Waals surface area (Å²) >= 11 is 5.80. The topological polar surface area (TPSA) is 66.6 Å². The second-order valence-electron chi connectivity index (χ2n) is 4.71. The summed E-state index contributed by atoms with van der Waals surface area (Å²) in [6, 6.07) is 11.6. The summed E-state index contributed by atoms with van der Waals surface area (Å²) in [5.74, 6) is -0.408. The molecular formula is C16H17ClN2O2. The lowest BCUT2D eigenvalue weighted by atomic mass is 10.1. The van der Waals surface area contributed by atoms with Gasteiger partial charge in [-0.25, -0.2) is 0 Å². The first-order valence-electron chi connectivity index (χ1n) is 6.69. The molecular weight excluding hydrogens is 288 g/mol. The molecule has 0 aliphatic heterocycles. The third-order valence-corrected chi connectivity index (χ3v) is 3.30. The number of benzene rings is 2. The maximum absolute atomic E-state index is 12.7. The molecule has 0 bridgehead atoms. The van der Waals surface area contributed by atoms with Crippen LogP contribution in [-0.4, -0.2) is 17.6 Å². The number of phenols is 1. The summed E-state index contributed by atoms with van der Waals surface area (Å²) in [6.45, 7) is 2.51. The average molecular weight is 305 g/mol. The molecule has 0 aliphatic carbocycles. The second kappa shape index (κ2) is 6.50. The minimum atomic E-state index is -0.281. The Bertz CT molecular complexity index is 658. The minimum Gasteiger partial charge on any atom is -0.507 e. The molecule has 2 aromatic rings. The smallest absolute Gasteiger partial charge is 0.262 e. The number of carbonyl (C=O) groups excluding carboxylic acids is 1. The normalized spacial score (nSPS) is 10.4. The zero-order chi connectivity index (χ0) is 15.4. The molecule has 0 saturated heterocycles. The number of nitrogen functional groups attached to an aromatic ring is 1. The van der Waals surface area contributed by atoms with E-state index in [0.29, 0.717) is 22.9 Å². The van der Waals surface area contributed by atoms with E-state index in [9.17, 15) is 9.90 Å². The van der Waals surface area contributed by atoms with E-state index in [1.54, 1.807) is 29.2 Å². The molecule has 0 atom stereocenters. The van der Waals surface area contributed by atoms with Crippen LogP contribution < -0.4 is 10.6 Å². The molecule has 0 fully saturated rings. The zero-order valence-electron chi connectivity index (χ0n) is 11.7. The number of anilines is 2. The first-order valence-corrected chi connectivity index (χ1v) is 7.06. The number of nitrogens with two attached hydrogens (primary N) is 1. The van der Waals surface area contributed by atoms with Crippen LogP contribution in [0.4, 0.5) is 11.4 Å². The van der Waals surface area contributed by atoms with Gasteiger partial charge in [-0.3, -0.25) is 4.79 Å². The monoisotopic (exact) mass is 304 g/mol. The summed E-state index contributed by atoms with van der Waals surface area (Å²) in [5, 5.41) is 10.3. The highest BCUT2D eigenvalue weighted by molar-refractivity contribution is 6.31. The molecule has 0 aliphatic rings. The van der Waals surface area contributed by atoms with Gasteiger partial charge in [-0.05, 0) is 42.8 Å². The molecule has 0 spiro atoms. The van der Waals surface area contributed by atoms with Gasteiger partial charge in [-0.15, -0.1) is 0 Å². The predicted octanol–water partition coefficient (Wildman–Crippen LogP) is 3.68. The lowest BCUT2D eigenvalue weighted by molar-refractivity contribution is 0.0984. The molecule has 0 unspecified atom stereocenters. The van der Waals surface area contributed by atoms with E-state index in [1.807, 2.05) is 13.0 Å². The van der Waals surface area contributed by atoms with E-state index in [4.69, 9.17) is 17.3 Å². The van der Waals surface area contributed by atoms with Gasteiger partial charge in [0.15, 0.2) is 0 Å². The molecule has 110 valence electrons. The Hall–Kier alpha value is -2.20. The quantitative estimate of drug-likeness (QED) is 0.847. The van der Waals surface area contributed by atoms with E-state index in [1.165, 1.54) is 12.1 Å². The van der Waals surface area contributed by atoms with Crippen molar-refractivity contribution in [3.63, 3.8) is 0 Å². The van der Waals surface area contributed by atoms with E-state index >= 15 is 0 Å². The van der Waals surface area contributed by atoms with Crippen LogP contribution in [0.25, 0.3) is 0 Å². The van der Waals surface area contributed by atoms with Crippen LogP contribution in [0.15, 0.2) is 42.5 Å². The molecule has 21 heavy (non-hydrogen) atoms. The number of rotatable bonds is 4. The van der Waals surface area contributed by atoms with Gasteiger partial charge in [-0.1, -0.05) is 24.6 Å². The standard InChI is InChI=1S/C16H17ClN2O2/c1-2-8-19(13-5-3-4-12(18)10-13)16(21)14-7-6-11(17)9-15(14)20/h3-7,9-10,20H,2,8,18H2,1H3. The molecule has 0 heterocycles. The van der Waals surface area contributed by atoms with Gasteiger partial charge in [0.25, 0.3) is 5.91 Å². The van der Waals surface area contributed by atoms with Crippen LogP contribution in [0.2, 0.25) is 5.02 Å². The van der Waals surface area contributed by atoms with E-state index in [2.05, 4.69) is 0 Å². The van der Waals surface area contributed by atoms with E-state index in [-0.39, 0.29) is 17.2 Å². The molecule has 2 aromatic carbocycles. The van der Waals surface area contributed by atoms with Crippen molar-refractivity contribution in [2.75, 3.05) is 17.2 Å². The molecule has 3 N–H and O–H groups in total. The Balaban J connectivity index is 2.40. The molecule has 1 amide bonds. The summed E-state index contributed by atoms with van der Waals surface area (Å²) in [4.78, 5) is 14.3. The predicted molar refractivity (Wildman–Crippen MR) is 85.9 cm³/mol.